The van der Waals surface area contributed by atoms with Crippen LogP contribution in [0.3, 0.4) is 0 Å². The number of esters is 1. The van der Waals surface area contributed by atoms with E-state index in [1.807, 2.05) is 6.07 Å². The maximum Gasteiger partial charge on any atom is 0.325 e. The number of urea groups is 1. The number of ether oxygens (including phenoxy) is 1. The predicted molar refractivity (Wildman–Crippen MR) is 79.2 cm³/mol. The number of aromatic nitrogens is 1. The molecule has 122 valence electrons. The Labute approximate surface area is 130 Å². The van der Waals surface area contributed by atoms with Gasteiger partial charge in [-0.15, -0.1) is 0 Å². The molecule has 7 nitrogen and oxygen atoms in total. The number of nitrogens with one attached hydrogen (secondary N) is 1. The van der Waals surface area contributed by atoms with E-state index in [0.29, 0.717) is 13.2 Å². The molecule has 0 spiro atoms. The Hall–Kier alpha value is -2.05. The fraction of sp³-hybridized carbons (Fsp3) is 0.667. The maximum atomic E-state index is 12.2. The summed E-state index contributed by atoms with van der Waals surface area (Å²) in [5, 5.41) is 6.68. The minimum Gasteiger partial charge on any atom is -0.465 e. The van der Waals surface area contributed by atoms with Crippen molar-refractivity contribution in [2.45, 2.75) is 45.6 Å². The summed E-state index contributed by atoms with van der Waals surface area (Å²) in [6, 6.07) is 1.57. The molecular weight excluding hydrogens is 286 g/mol. The zero-order valence-corrected chi connectivity index (χ0v) is 13.1. The zero-order valence-electron chi connectivity index (χ0n) is 13.1. The maximum absolute atomic E-state index is 12.2. The molecule has 1 aromatic rings. The van der Waals surface area contributed by atoms with E-state index in [1.54, 1.807) is 11.8 Å². The van der Waals surface area contributed by atoms with Crippen molar-refractivity contribution in [2.75, 3.05) is 19.7 Å². The second-order valence-electron chi connectivity index (χ2n) is 5.28. The van der Waals surface area contributed by atoms with Crippen LogP contribution in [0.1, 0.15) is 50.6 Å². The van der Waals surface area contributed by atoms with Crippen LogP contribution in [0.2, 0.25) is 0 Å². The van der Waals surface area contributed by atoms with Gasteiger partial charge in [-0.3, -0.25) is 4.79 Å². The molecule has 0 saturated carbocycles. The number of carbonyl (C=O) groups is 2. The van der Waals surface area contributed by atoms with Gasteiger partial charge in [0.25, 0.3) is 0 Å². The van der Waals surface area contributed by atoms with Crippen molar-refractivity contribution in [3.8, 4) is 0 Å². The topological polar surface area (TPSA) is 84.7 Å². The highest BCUT2D eigenvalue weighted by Crippen LogP contribution is 2.31. The summed E-state index contributed by atoms with van der Waals surface area (Å²) in [5.74, 6) is 0.412. The Morgan fingerprint density at radius 1 is 1.50 bits per heavy atom. The molecule has 0 aliphatic carbocycles. The van der Waals surface area contributed by atoms with Crippen molar-refractivity contribution in [2.24, 2.45) is 0 Å². The summed E-state index contributed by atoms with van der Waals surface area (Å²) < 4.78 is 10.1. The lowest BCUT2D eigenvalue weighted by Gasteiger charge is -2.23. The Bertz CT molecular complexity index is 515. The summed E-state index contributed by atoms with van der Waals surface area (Å²) in [6.45, 7) is 4.65. The van der Waals surface area contributed by atoms with Gasteiger partial charge < -0.3 is 19.5 Å². The smallest absolute Gasteiger partial charge is 0.325 e. The number of likely N-dealkylation sites (tertiary alicyclic amines) is 1. The van der Waals surface area contributed by atoms with Crippen molar-refractivity contribution in [1.29, 1.82) is 0 Å². The highest BCUT2D eigenvalue weighted by molar-refractivity contribution is 5.81. The number of amides is 2. The molecule has 0 aromatic carbocycles. The van der Waals surface area contributed by atoms with Gasteiger partial charge in [0.1, 0.15) is 18.0 Å². The molecule has 1 atom stereocenters. The standard InChI is InChI=1S/C15H23N3O4/c1-3-6-11-9-12(17-22-11)13-7-5-8-18(13)15(20)16-10-14(19)21-4-2/h9,13H,3-8,10H2,1-2H3,(H,16,20)/t13-/m0/s1. The Morgan fingerprint density at radius 2 is 2.32 bits per heavy atom. The van der Waals surface area contributed by atoms with Gasteiger partial charge in [0.2, 0.25) is 0 Å². The molecule has 22 heavy (non-hydrogen) atoms. The molecule has 1 fully saturated rings. The molecule has 1 aliphatic rings. The first-order chi connectivity index (χ1) is 10.7. The van der Waals surface area contributed by atoms with Crippen molar-refractivity contribution < 1.29 is 18.8 Å². The van der Waals surface area contributed by atoms with Crippen molar-refractivity contribution in [3.05, 3.63) is 17.5 Å². The van der Waals surface area contributed by atoms with Crippen molar-refractivity contribution in [3.63, 3.8) is 0 Å². The highest BCUT2D eigenvalue weighted by atomic mass is 16.5. The Morgan fingerprint density at radius 3 is 3.05 bits per heavy atom. The number of rotatable bonds is 6. The fourth-order valence-corrected chi connectivity index (χ4v) is 2.63. The van der Waals surface area contributed by atoms with E-state index in [-0.39, 0.29) is 18.6 Å². The number of nitrogens with zero attached hydrogens (tertiary/aromatic N) is 2. The van der Waals surface area contributed by atoms with Crippen molar-refractivity contribution >= 4 is 12.0 Å². The largest absolute Gasteiger partial charge is 0.465 e. The first-order valence-electron chi connectivity index (χ1n) is 7.81. The minimum atomic E-state index is -0.432. The number of carbonyl (C=O) groups excluding carboxylic acids is 2. The van der Waals surface area contributed by atoms with Gasteiger partial charge in [0, 0.05) is 19.0 Å². The van der Waals surface area contributed by atoms with Crippen LogP contribution in [0.15, 0.2) is 10.6 Å². The third kappa shape index (κ3) is 3.99. The van der Waals surface area contributed by atoms with Crippen LogP contribution in [0.4, 0.5) is 4.79 Å². The molecule has 2 heterocycles. The molecule has 0 unspecified atom stereocenters. The lowest BCUT2D eigenvalue weighted by Crippen LogP contribution is -2.42. The van der Waals surface area contributed by atoms with Crippen LogP contribution in [-0.4, -0.2) is 41.8 Å². The number of hydrogen-bond acceptors (Lipinski definition) is 5. The van der Waals surface area contributed by atoms with Gasteiger partial charge in [-0.2, -0.15) is 0 Å². The van der Waals surface area contributed by atoms with Crippen LogP contribution in [-0.2, 0) is 16.0 Å². The molecule has 2 amide bonds. The van der Waals surface area contributed by atoms with Crippen LogP contribution in [0.25, 0.3) is 0 Å². The number of hydrogen-bond donors (Lipinski definition) is 1. The summed E-state index contributed by atoms with van der Waals surface area (Å²) in [6.07, 6.45) is 3.59. The quantitative estimate of drug-likeness (QED) is 0.813. The second kappa shape index (κ2) is 7.82. The van der Waals surface area contributed by atoms with E-state index in [1.165, 1.54) is 0 Å². The molecular formula is C15H23N3O4. The van der Waals surface area contributed by atoms with Crippen LogP contribution < -0.4 is 5.32 Å². The van der Waals surface area contributed by atoms with Gasteiger partial charge in [0.05, 0.1) is 12.6 Å². The Balaban J connectivity index is 1.94. The third-order valence-corrected chi connectivity index (χ3v) is 3.62. The third-order valence-electron chi connectivity index (χ3n) is 3.62. The zero-order chi connectivity index (χ0) is 15.9. The molecule has 1 N–H and O–H groups in total. The molecule has 1 aromatic heterocycles. The second-order valence-corrected chi connectivity index (χ2v) is 5.28. The van der Waals surface area contributed by atoms with E-state index in [4.69, 9.17) is 9.26 Å². The van der Waals surface area contributed by atoms with Crippen LogP contribution in [0.5, 0.6) is 0 Å². The van der Waals surface area contributed by atoms with E-state index in [9.17, 15) is 9.59 Å². The van der Waals surface area contributed by atoms with Crippen LogP contribution >= 0.6 is 0 Å². The van der Waals surface area contributed by atoms with Gasteiger partial charge in [-0.05, 0) is 26.2 Å². The van der Waals surface area contributed by atoms with E-state index in [0.717, 1.165) is 37.1 Å². The lowest BCUT2D eigenvalue weighted by atomic mass is 10.1. The summed E-state index contributed by atoms with van der Waals surface area (Å²) in [5.41, 5.74) is 0.784. The number of aryl methyl sites for hydroxylation is 1. The first-order valence-corrected chi connectivity index (χ1v) is 7.81. The van der Waals surface area contributed by atoms with Crippen molar-refractivity contribution in [1.82, 2.24) is 15.4 Å². The molecule has 7 heteroatoms. The average Bonchev–Trinajstić information content (AvgIpc) is 3.14. The molecule has 1 aliphatic heterocycles. The van der Waals surface area contributed by atoms with Gasteiger partial charge in [-0.25, -0.2) is 4.79 Å². The molecule has 0 radical (unpaired) electrons. The minimum absolute atomic E-state index is 0.0865. The lowest BCUT2D eigenvalue weighted by molar-refractivity contribution is -0.141. The van der Waals surface area contributed by atoms with E-state index >= 15 is 0 Å². The average molecular weight is 309 g/mol. The summed E-state index contributed by atoms with van der Waals surface area (Å²) in [4.78, 5) is 25.2. The SMILES string of the molecule is CCCc1cc([C@@H]2CCCN2C(=O)NCC(=O)OCC)no1. The van der Waals surface area contributed by atoms with Gasteiger partial charge in [-0.1, -0.05) is 12.1 Å². The normalized spacial score (nSPS) is 17.5. The van der Waals surface area contributed by atoms with E-state index in [2.05, 4.69) is 17.4 Å². The highest BCUT2D eigenvalue weighted by Gasteiger charge is 2.32. The van der Waals surface area contributed by atoms with Gasteiger partial charge >= 0.3 is 12.0 Å². The van der Waals surface area contributed by atoms with E-state index < -0.39 is 5.97 Å². The summed E-state index contributed by atoms with van der Waals surface area (Å²) in [7, 11) is 0. The van der Waals surface area contributed by atoms with Gasteiger partial charge in [0.15, 0.2) is 0 Å². The predicted octanol–water partition coefficient (Wildman–Crippen LogP) is 2.04. The monoisotopic (exact) mass is 309 g/mol. The Kier molecular flexibility index (Phi) is 5.80. The van der Waals surface area contributed by atoms with Crippen LogP contribution in [0, 0.1) is 0 Å². The summed E-state index contributed by atoms with van der Waals surface area (Å²) >= 11 is 0. The molecule has 2 rings (SSSR count). The fourth-order valence-electron chi connectivity index (χ4n) is 2.63. The molecule has 0 bridgehead atoms. The first kappa shape index (κ1) is 16.3. The molecule has 1 saturated heterocycles.